The molecule has 22 heavy (non-hydrogen) atoms. The van der Waals surface area contributed by atoms with Crippen molar-refractivity contribution in [1.29, 1.82) is 5.26 Å². The molecule has 116 valence electrons. The molecule has 5 nitrogen and oxygen atoms in total. The third-order valence-electron chi connectivity index (χ3n) is 4.10. The smallest absolute Gasteiger partial charge is 0.239 e. The molecule has 1 aliphatic carbocycles. The maximum Gasteiger partial charge on any atom is 0.239 e. The van der Waals surface area contributed by atoms with Gasteiger partial charge in [-0.15, -0.1) is 0 Å². The number of benzene rings is 1. The summed E-state index contributed by atoms with van der Waals surface area (Å²) in [6, 6.07) is 8.77. The van der Waals surface area contributed by atoms with E-state index in [2.05, 4.69) is 10.6 Å². The van der Waals surface area contributed by atoms with Gasteiger partial charge in [0, 0.05) is 11.7 Å². The van der Waals surface area contributed by atoms with Crippen LogP contribution in [0.2, 0.25) is 0 Å². The topological polar surface area (TPSA) is 82.0 Å². The summed E-state index contributed by atoms with van der Waals surface area (Å²) >= 11 is 0. The van der Waals surface area contributed by atoms with Crippen molar-refractivity contribution in [1.82, 2.24) is 5.32 Å². The van der Waals surface area contributed by atoms with Crippen LogP contribution in [0.4, 0.5) is 5.69 Å². The number of nitrogens with zero attached hydrogens (tertiary/aromatic N) is 1. The van der Waals surface area contributed by atoms with Crippen molar-refractivity contribution in [2.24, 2.45) is 5.41 Å². The highest BCUT2D eigenvalue weighted by Gasteiger charge is 2.37. The predicted octanol–water partition coefficient (Wildman–Crippen LogP) is 2.58. The number of carbonyl (C=O) groups excluding carboxylic acids is 2. The zero-order valence-corrected chi connectivity index (χ0v) is 13.0. The first-order chi connectivity index (χ1) is 10.4. The summed E-state index contributed by atoms with van der Waals surface area (Å²) in [7, 11) is 0. The van der Waals surface area contributed by atoms with Crippen LogP contribution in [-0.4, -0.2) is 17.9 Å². The van der Waals surface area contributed by atoms with E-state index in [9.17, 15) is 9.59 Å². The molecule has 0 radical (unpaired) electrons. The van der Waals surface area contributed by atoms with Gasteiger partial charge in [-0.3, -0.25) is 9.59 Å². The molecule has 2 rings (SSSR count). The lowest BCUT2D eigenvalue weighted by molar-refractivity contribution is -0.138. The van der Waals surface area contributed by atoms with E-state index >= 15 is 0 Å². The van der Waals surface area contributed by atoms with E-state index in [1.165, 1.54) is 0 Å². The molecular weight excluding hydrogens is 278 g/mol. The van der Waals surface area contributed by atoms with Gasteiger partial charge in [0.2, 0.25) is 11.8 Å². The monoisotopic (exact) mass is 299 g/mol. The van der Waals surface area contributed by atoms with Gasteiger partial charge >= 0.3 is 0 Å². The van der Waals surface area contributed by atoms with Gasteiger partial charge in [0.1, 0.15) is 5.41 Å². The Morgan fingerprint density at radius 1 is 1.14 bits per heavy atom. The molecule has 0 atom stereocenters. The molecule has 0 unspecified atom stereocenters. The van der Waals surface area contributed by atoms with Gasteiger partial charge < -0.3 is 10.6 Å². The highest BCUT2D eigenvalue weighted by molar-refractivity contribution is 6.09. The number of carbonyl (C=O) groups is 2. The lowest BCUT2D eigenvalue weighted by atomic mass is 9.90. The minimum absolute atomic E-state index is 0.189. The Balaban J connectivity index is 1.99. The SMILES string of the molecule is CC(C)(C(=O)Nc1ccc(C#N)cc1)C(=O)NC1CCCC1. The normalized spacial score (nSPS) is 15.1. The van der Waals surface area contributed by atoms with E-state index in [1.807, 2.05) is 6.07 Å². The van der Waals surface area contributed by atoms with Crippen molar-refractivity contribution in [3.63, 3.8) is 0 Å². The van der Waals surface area contributed by atoms with Crippen LogP contribution < -0.4 is 10.6 Å². The summed E-state index contributed by atoms with van der Waals surface area (Å²) in [6.45, 7) is 3.24. The molecule has 0 bridgehead atoms. The zero-order valence-electron chi connectivity index (χ0n) is 13.0. The summed E-state index contributed by atoms with van der Waals surface area (Å²) < 4.78 is 0. The first-order valence-corrected chi connectivity index (χ1v) is 7.56. The van der Waals surface area contributed by atoms with Crippen molar-refractivity contribution >= 4 is 17.5 Å². The van der Waals surface area contributed by atoms with Crippen LogP contribution in [0.15, 0.2) is 24.3 Å². The van der Waals surface area contributed by atoms with Gasteiger partial charge in [-0.1, -0.05) is 12.8 Å². The van der Waals surface area contributed by atoms with Gasteiger partial charge in [-0.2, -0.15) is 5.26 Å². The van der Waals surface area contributed by atoms with Gasteiger partial charge in [-0.05, 0) is 51.0 Å². The second-order valence-corrected chi connectivity index (χ2v) is 6.22. The molecule has 0 spiro atoms. The van der Waals surface area contributed by atoms with Crippen LogP contribution in [-0.2, 0) is 9.59 Å². The molecule has 1 fully saturated rings. The number of anilines is 1. The largest absolute Gasteiger partial charge is 0.352 e. The van der Waals surface area contributed by atoms with Gasteiger partial charge in [0.15, 0.2) is 0 Å². The Labute approximate surface area is 130 Å². The van der Waals surface area contributed by atoms with Gasteiger partial charge in [0.05, 0.1) is 11.6 Å². The van der Waals surface area contributed by atoms with Crippen molar-refractivity contribution in [3.8, 4) is 6.07 Å². The highest BCUT2D eigenvalue weighted by atomic mass is 16.2. The van der Waals surface area contributed by atoms with E-state index in [1.54, 1.807) is 38.1 Å². The van der Waals surface area contributed by atoms with E-state index in [0.29, 0.717) is 11.3 Å². The number of nitrogens with one attached hydrogen (secondary N) is 2. The van der Waals surface area contributed by atoms with Crippen LogP contribution in [0.5, 0.6) is 0 Å². The van der Waals surface area contributed by atoms with E-state index in [-0.39, 0.29) is 17.9 Å². The zero-order chi connectivity index (χ0) is 16.2. The summed E-state index contributed by atoms with van der Waals surface area (Å²) in [4.78, 5) is 24.7. The average Bonchev–Trinajstić information content (AvgIpc) is 3.00. The molecule has 1 aliphatic rings. The minimum Gasteiger partial charge on any atom is -0.352 e. The van der Waals surface area contributed by atoms with Gasteiger partial charge in [0.25, 0.3) is 0 Å². The average molecular weight is 299 g/mol. The second-order valence-electron chi connectivity index (χ2n) is 6.22. The van der Waals surface area contributed by atoms with Crippen molar-refractivity contribution < 1.29 is 9.59 Å². The van der Waals surface area contributed by atoms with Crippen LogP contribution in [0.3, 0.4) is 0 Å². The molecule has 0 aromatic heterocycles. The first kappa shape index (κ1) is 16.0. The highest BCUT2D eigenvalue weighted by Crippen LogP contribution is 2.23. The Bertz CT molecular complexity index is 593. The summed E-state index contributed by atoms with van der Waals surface area (Å²) in [5, 5.41) is 14.4. The fourth-order valence-corrected chi connectivity index (χ4v) is 2.45. The van der Waals surface area contributed by atoms with Crippen LogP contribution in [0.25, 0.3) is 0 Å². The number of nitriles is 1. The fraction of sp³-hybridized carbons (Fsp3) is 0.471. The van der Waals surface area contributed by atoms with Crippen LogP contribution >= 0.6 is 0 Å². The molecule has 0 saturated heterocycles. The number of rotatable bonds is 4. The van der Waals surface area contributed by atoms with E-state index < -0.39 is 5.41 Å². The molecule has 2 N–H and O–H groups in total. The molecule has 1 aromatic rings. The van der Waals surface area contributed by atoms with Crippen molar-refractivity contribution in [2.75, 3.05) is 5.32 Å². The first-order valence-electron chi connectivity index (χ1n) is 7.56. The Hall–Kier alpha value is -2.35. The number of hydrogen-bond donors (Lipinski definition) is 2. The molecule has 2 amide bonds. The predicted molar refractivity (Wildman–Crippen MR) is 84.0 cm³/mol. The molecule has 1 saturated carbocycles. The molecule has 0 heterocycles. The lowest BCUT2D eigenvalue weighted by Gasteiger charge is -2.25. The van der Waals surface area contributed by atoms with Crippen molar-refractivity contribution in [3.05, 3.63) is 29.8 Å². The summed E-state index contributed by atoms with van der Waals surface area (Å²) in [5.74, 6) is -0.599. The third kappa shape index (κ3) is 3.64. The molecule has 0 aliphatic heterocycles. The number of amides is 2. The maximum absolute atomic E-state index is 12.4. The van der Waals surface area contributed by atoms with Gasteiger partial charge in [-0.25, -0.2) is 0 Å². The summed E-state index contributed by atoms with van der Waals surface area (Å²) in [5.41, 5.74) is -0.0433. The second kappa shape index (κ2) is 6.61. The quantitative estimate of drug-likeness (QED) is 0.838. The van der Waals surface area contributed by atoms with Crippen LogP contribution in [0, 0.1) is 16.7 Å². The van der Waals surface area contributed by atoms with Crippen molar-refractivity contribution in [2.45, 2.75) is 45.6 Å². The Morgan fingerprint density at radius 3 is 2.27 bits per heavy atom. The number of hydrogen-bond acceptors (Lipinski definition) is 3. The molecule has 1 aromatic carbocycles. The molecular formula is C17H21N3O2. The Kier molecular flexibility index (Phi) is 4.81. The fourth-order valence-electron chi connectivity index (χ4n) is 2.45. The van der Waals surface area contributed by atoms with E-state index in [4.69, 9.17) is 5.26 Å². The maximum atomic E-state index is 12.4. The molecule has 5 heteroatoms. The standard InChI is InChI=1S/C17H21N3O2/c1-17(2,15(21)19-13-5-3-4-6-13)16(22)20-14-9-7-12(11-18)8-10-14/h7-10,13H,3-6H2,1-2H3,(H,19,21)(H,20,22). The Morgan fingerprint density at radius 2 is 1.73 bits per heavy atom. The van der Waals surface area contributed by atoms with Crippen LogP contribution in [0.1, 0.15) is 45.1 Å². The summed E-state index contributed by atoms with van der Waals surface area (Å²) in [6.07, 6.45) is 4.23. The van der Waals surface area contributed by atoms with E-state index in [0.717, 1.165) is 25.7 Å². The lowest BCUT2D eigenvalue weighted by Crippen LogP contribution is -2.47. The third-order valence-corrected chi connectivity index (χ3v) is 4.10. The minimum atomic E-state index is -1.14.